The van der Waals surface area contributed by atoms with Crippen molar-refractivity contribution in [1.29, 1.82) is 0 Å². The molecule has 0 atom stereocenters. The number of nitrogens with zero attached hydrogens (tertiary/aromatic N) is 1. The van der Waals surface area contributed by atoms with Crippen LogP contribution in [0.5, 0.6) is 0 Å². The van der Waals surface area contributed by atoms with Gasteiger partial charge in [0.25, 0.3) is 0 Å². The van der Waals surface area contributed by atoms with Crippen LogP contribution in [0.4, 0.5) is 0 Å². The number of halogens is 1. The lowest BCUT2D eigenvalue weighted by atomic mass is 10.1. The Morgan fingerprint density at radius 3 is 2.45 bits per heavy atom. The van der Waals surface area contributed by atoms with Gasteiger partial charge in [0.05, 0.1) is 4.90 Å². The highest BCUT2D eigenvalue weighted by Crippen LogP contribution is 2.28. The van der Waals surface area contributed by atoms with Crippen molar-refractivity contribution in [2.75, 3.05) is 13.6 Å². The molecule has 0 heterocycles. The van der Waals surface area contributed by atoms with Gasteiger partial charge in [0.2, 0.25) is 10.0 Å². The van der Waals surface area contributed by atoms with Crippen molar-refractivity contribution in [3.05, 3.63) is 27.7 Å². The van der Waals surface area contributed by atoms with Gasteiger partial charge in [-0.05, 0) is 50.6 Å². The van der Waals surface area contributed by atoms with E-state index in [1.54, 1.807) is 13.1 Å². The van der Waals surface area contributed by atoms with Crippen LogP contribution in [0.2, 0.25) is 0 Å². The van der Waals surface area contributed by atoms with Crippen molar-refractivity contribution < 1.29 is 8.42 Å². The fraction of sp³-hybridized carbons (Fsp3) is 0.571. The summed E-state index contributed by atoms with van der Waals surface area (Å²) in [5.41, 5.74) is 1.71. The first kappa shape index (κ1) is 17.6. The first-order chi connectivity index (χ1) is 9.21. The summed E-state index contributed by atoms with van der Waals surface area (Å²) in [6.07, 6.45) is 0. The van der Waals surface area contributed by atoms with E-state index in [1.807, 2.05) is 33.8 Å². The van der Waals surface area contributed by atoms with Crippen LogP contribution in [0.1, 0.15) is 31.9 Å². The van der Waals surface area contributed by atoms with E-state index in [4.69, 9.17) is 0 Å². The third-order valence-electron chi connectivity index (χ3n) is 3.32. The minimum Gasteiger partial charge on any atom is -0.313 e. The Morgan fingerprint density at radius 1 is 1.35 bits per heavy atom. The molecule has 0 radical (unpaired) electrons. The molecule has 114 valence electrons. The van der Waals surface area contributed by atoms with Gasteiger partial charge < -0.3 is 5.32 Å². The molecule has 1 N–H and O–H groups in total. The number of sulfonamides is 1. The maximum absolute atomic E-state index is 12.7. The number of nitrogens with one attached hydrogen (secondary N) is 1. The van der Waals surface area contributed by atoms with E-state index in [0.717, 1.165) is 22.1 Å². The van der Waals surface area contributed by atoms with Crippen LogP contribution in [-0.2, 0) is 16.6 Å². The highest BCUT2D eigenvalue weighted by molar-refractivity contribution is 9.10. The summed E-state index contributed by atoms with van der Waals surface area (Å²) in [7, 11) is -1.85. The summed E-state index contributed by atoms with van der Waals surface area (Å²) < 4.78 is 27.5. The lowest BCUT2D eigenvalue weighted by molar-refractivity contribution is 0.410. The highest BCUT2D eigenvalue weighted by atomic mass is 79.9. The molecule has 1 aromatic carbocycles. The predicted octanol–water partition coefficient (Wildman–Crippen LogP) is 2.90. The van der Waals surface area contributed by atoms with Crippen LogP contribution < -0.4 is 5.32 Å². The van der Waals surface area contributed by atoms with Gasteiger partial charge in [0.1, 0.15) is 0 Å². The Labute approximate surface area is 130 Å². The molecule has 0 bridgehead atoms. The first-order valence-corrected chi connectivity index (χ1v) is 8.92. The average Bonchev–Trinajstić information content (AvgIpc) is 2.38. The summed E-state index contributed by atoms with van der Waals surface area (Å²) in [6.45, 7) is 9.08. The maximum atomic E-state index is 12.7. The molecule has 0 fully saturated rings. The molecule has 4 nitrogen and oxygen atoms in total. The topological polar surface area (TPSA) is 49.4 Å². The van der Waals surface area contributed by atoms with E-state index >= 15 is 0 Å². The van der Waals surface area contributed by atoms with E-state index in [0.29, 0.717) is 11.4 Å². The Hall–Kier alpha value is -0.430. The van der Waals surface area contributed by atoms with Crippen LogP contribution in [0.15, 0.2) is 21.5 Å². The van der Waals surface area contributed by atoms with E-state index in [-0.39, 0.29) is 6.04 Å². The second-order valence-corrected chi connectivity index (χ2v) is 7.92. The van der Waals surface area contributed by atoms with E-state index in [9.17, 15) is 8.42 Å². The smallest absolute Gasteiger partial charge is 0.243 e. The molecule has 0 amide bonds. The van der Waals surface area contributed by atoms with E-state index in [2.05, 4.69) is 21.2 Å². The molecular weight excluding hydrogens is 340 g/mol. The summed E-state index contributed by atoms with van der Waals surface area (Å²) in [5.74, 6) is 0. The van der Waals surface area contributed by atoms with Crippen LogP contribution in [0.3, 0.4) is 0 Å². The predicted molar refractivity (Wildman–Crippen MR) is 86.3 cm³/mol. The van der Waals surface area contributed by atoms with Gasteiger partial charge >= 0.3 is 0 Å². The maximum Gasteiger partial charge on any atom is 0.243 e. The van der Waals surface area contributed by atoms with Crippen LogP contribution >= 0.6 is 15.9 Å². The van der Waals surface area contributed by atoms with Gasteiger partial charge in [-0.25, -0.2) is 8.42 Å². The Balaban J connectivity index is 3.33. The molecule has 0 spiro atoms. The molecular formula is C14H23BrN2O2S. The molecule has 1 aromatic rings. The van der Waals surface area contributed by atoms with Crippen molar-refractivity contribution >= 4 is 26.0 Å². The van der Waals surface area contributed by atoms with Gasteiger partial charge in [0, 0.05) is 24.1 Å². The first-order valence-electron chi connectivity index (χ1n) is 6.69. The minimum atomic E-state index is -3.46. The number of hydrogen-bond donors (Lipinski definition) is 1. The van der Waals surface area contributed by atoms with E-state index in [1.165, 1.54) is 4.31 Å². The van der Waals surface area contributed by atoms with Gasteiger partial charge in [-0.2, -0.15) is 4.31 Å². The third kappa shape index (κ3) is 3.81. The van der Waals surface area contributed by atoms with Crippen LogP contribution in [0.25, 0.3) is 0 Å². The number of rotatable bonds is 6. The fourth-order valence-corrected chi connectivity index (χ4v) is 4.08. The van der Waals surface area contributed by atoms with Crippen LogP contribution in [0, 0.1) is 6.92 Å². The Morgan fingerprint density at radius 2 is 1.95 bits per heavy atom. The van der Waals surface area contributed by atoms with Gasteiger partial charge in [-0.1, -0.05) is 22.9 Å². The standard InChI is InChI=1S/C14H23BrN2O2S/c1-6-16-9-12-7-13(15)11(4)14(8-12)20(18,19)17(5)10(2)3/h7-8,10,16H,6,9H2,1-5H3. The highest BCUT2D eigenvalue weighted by Gasteiger charge is 2.26. The summed E-state index contributed by atoms with van der Waals surface area (Å²) in [4.78, 5) is 0.371. The zero-order chi connectivity index (χ0) is 15.5. The Bertz CT molecular complexity index is 571. The molecule has 0 saturated heterocycles. The molecule has 6 heteroatoms. The van der Waals surface area contributed by atoms with Crippen molar-refractivity contribution in [2.45, 2.75) is 45.2 Å². The molecule has 1 rings (SSSR count). The van der Waals surface area contributed by atoms with Crippen LogP contribution in [-0.4, -0.2) is 32.4 Å². The molecule has 0 aromatic heterocycles. The van der Waals surface area contributed by atoms with Gasteiger partial charge in [0.15, 0.2) is 0 Å². The SMILES string of the molecule is CCNCc1cc(Br)c(C)c(S(=O)(=O)N(C)C(C)C)c1. The molecule has 20 heavy (non-hydrogen) atoms. The number of benzene rings is 1. The largest absolute Gasteiger partial charge is 0.313 e. The van der Waals surface area contributed by atoms with Crippen molar-refractivity contribution in [2.24, 2.45) is 0 Å². The van der Waals surface area contributed by atoms with Crippen molar-refractivity contribution in [3.63, 3.8) is 0 Å². The second kappa shape index (κ2) is 7.02. The monoisotopic (exact) mass is 362 g/mol. The minimum absolute atomic E-state index is 0.0735. The summed E-state index contributed by atoms with van der Waals surface area (Å²) in [6, 6.07) is 3.65. The van der Waals surface area contributed by atoms with Gasteiger partial charge in [-0.15, -0.1) is 0 Å². The molecule has 0 aliphatic rings. The van der Waals surface area contributed by atoms with E-state index < -0.39 is 10.0 Å². The van der Waals surface area contributed by atoms with Gasteiger partial charge in [-0.3, -0.25) is 0 Å². The molecule has 0 unspecified atom stereocenters. The third-order valence-corrected chi connectivity index (χ3v) is 6.30. The van der Waals surface area contributed by atoms with Crippen molar-refractivity contribution in [3.8, 4) is 0 Å². The normalized spacial score (nSPS) is 12.4. The second-order valence-electron chi connectivity index (χ2n) is 5.10. The summed E-state index contributed by atoms with van der Waals surface area (Å²) >= 11 is 3.46. The lowest BCUT2D eigenvalue weighted by Gasteiger charge is -2.23. The molecule has 0 saturated carbocycles. The summed E-state index contributed by atoms with van der Waals surface area (Å²) in [5, 5.41) is 3.21. The molecule has 0 aliphatic heterocycles. The van der Waals surface area contributed by atoms with Crippen molar-refractivity contribution in [1.82, 2.24) is 9.62 Å². The quantitative estimate of drug-likeness (QED) is 0.846. The molecule has 0 aliphatic carbocycles. The average molecular weight is 363 g/mol. The Kier molecular flexibility index (Phi) is 6.19. The fourth-order valence-electron chi connectivity index (χ4n) is 1.78. The number of hydrogen-bond acceptors (Lipinski definition) is 3. The lowest BCUT2D eigenvalue weighted by Crippen LogP contribution is -2.33. The zero-order valence-electron chi connectivity index (χ0n) is 12.7. The zero-order valence-corrected chi connectivity index (χ0v) is 15.1.